The summed E-state index contributed by atoms with van der Waals surface area (Å²) >= 11 is 0. The lowest BCUT2D eigenvalue weighted by Crippen LogP contribution is -2.13. The molecule has 0 spiro atoms. The molecule has 0 aliphatic heterocycles. The van der Waals surface area contributed by atoms with Crippen LogP contribution in [-0.4, -0.2) is 0 Å². The molecule has 0 nitrogen and oxygen atoms in total. The highest BCUT2D eigenvalue weighted by Gasteiger charge is 2.21. The van der Waals surface area contributed by atoms with Crippen LogP contribution in [0.15, 0.2) is 36.7 Å². The van der Waals surface area contributed by atoms with Crippen molar-refractivity contribution in [2.45, 2.75) is 70.6 Å². The summed E-state index contributed by atoms with van der Waals surface area (Å²) in [6.45, 7) is 2.25. The minimum atomic E-state index is 0.686. The van der Waals surface area contributed by atoms with Crippen molar-refractivity contribution in [1.29, 1.82) is 0 Å². The second-order valence-corrected chi connectivity index (χ2v) is 6.50. The quantitative estimate of drug-likeness (QED) is 0.532. The molecule has 0 unspecified atom stereocenters. The number of hydrogen-bond donors (Lipinski definition) is 0. The predicted octanol–water partition coefficient (Wildman–Crippen LogP) is 6.57. The third-order valence-corrected chi connectivity index (χ3v) is 4.95. The van der Waals surface area contributed by atoms with Gasteiger partial charge in [-0.2, -0.15) is 0 Å². The Morgan fingerprint density at radius 1 is 1.10 bits per heavy atom. The van der Waals surface area contributed by atoms with Crippen molar-refractivity contribution in [3.8, 4) is 0 Å². The molecule has 2 rings (SSSR count). The van der Waals surface area contributed by atoms with Gasteiger partial charge in [0, 0.05) is 0 Å². The summed E-state index contributed by atoms with van der Waals surface area (Å²) in [5.41, 5.74) is 3.00. The second kappa shape index (κ2) is 9.02. The van der Waals surface area contributed by atoms with Crippen molar-refractivity contribution in [3.05, 3.63) is 47.8 Å². The molecule has 0 saturated heterocycles. The van der Waals surface area contributed by atoms with Crippen molar-refractivity contribution in [1.82, 2.24) is 0 Å². The summed E-state index contributed by atoms with van der Waals surface area (Å²) < 4.78 is 12.0. The summed E-state index contributed by atoms with van der Waals surface area (Å²) in [7, 11) is 0. The van der Waals surface area contributed by atoms with Crippen molar-refractivity contribution >= 4 is 0 Å². The Labute approximate surface area is 129 Å². The van der Waals surface area contributed by atoms with E-state index in [1.54, 1.807) is 6.08 Å². The Bertz CT molecular complexity index is 410. The first kappa shape index (κ1) is 16.3. The van der Waals surface area contributed by atoms with Gasteiger partial charge in [-0.05, 0) is 74.3 Å². The average molecular weight is 288 g/mol. The van der Waals surface area contributed by atoms with E-state index in [0.717, 1.165) is 24.7 Å². The highest BCUT2D eigenvalue weighted by molar-refractivity contribution is 5.25. The molecule has 0 amide bonds. The van der Waals surface area contributed by atoms with Gasteiger partial charge < -0.3 is 0 Å². The molecule has 0 aromatic heterocycles. The zero-order chi connectivity index (χ0) is 14.9. The first-order valence-electron chi connectivity index (χ1n) is 8.67. The van der Waals surface area contributed by atoms with Crippen molar-refractivity contribution in [2.75, 3.05) is 0 Å². The maximum absolute atomic E-state index is 12.0. The van der Waals surface area contributed by atoms with Gasteiger partial charge in [0.05, 0.1) is 6.33 Å². The van der Waals surface area contributed by atoms with Gasteiger partial charge in [-0.25, -0.2) is 4.39 Å². The molecule has 1 aliphatic carbocycles. The summed E-state index contributed by atoms with van der Waals surface area (Å²) in [5, 5.41) is 0. The molecule has 116 valence electrons. The Morgan fingerprint density at radius 3 is 2.43 bits per heavy atom. The molecule has 0 heterocycles. The monoisotopic (exact) mass is 288 g/mol. The van der Waals surface area contributed by atoms with Gasteiger partial charge in [0.1, 0.15) is 0 Å². The SMILES string of the molecule is CCCCc1ccc(C2CCC(CCC=CF)CC2)cc1. The van der Waals surface area contributed by atoms with Crippen LogP contribution in [0, 0.1) is 5.92 Å². The van der Waals surface area contributed by atoms with E-state index in [2.05, 4.69) is 31.2 Å². The molecule has 1 heteroatoms. The predicted molar refractivity (Wildman–Crippen MR) is 89.2 cm³/mol. The molecule has 1 aromatic carbocycles. The van der Waals surface area contributed by atoms with Gasteiger partial charge in [-0.1, -0.05) is 43.7 Å². The van der Waals surface area contributed by atoms with Crippen LogP contribution in [0.1, 0.15) is 75.3 Å². The zero-order valence-corrected chi connectivity index (χ0v) is 13.4. The largest absolute Gasteiger partial charge is 0.216 e. The van der Waals surface area contributed by atoms with E-state index in [9.17, 15) is 4.39 Å². The average Bonchev–Trinajstić information content (AvgIpc) is 2.54. The van der Waals surface area contributed by atoms with E-state index in [1.807, 2.05) is 0 Å². The second-order valence-electron chi connectivity index (χ2n) is 6.50. The van der Waals surface area contributed by atoms with Crippen LogP contribution in [0.5, 0.6) is 0 Å². The number of aryl methyl sites for hydroxylation is 1. The number of allylic oxidation sites excluding steroid dienone is 1. The fraction of sp³-hybridized carbons (Fsp3) is 0.600. The molecule has 1 saturated carbocycles. The Kier molecular flexibility index (Phi) is 6.99. The highest BCUT2D eigenvalue weighted by Crippen LogP contribution is 2.37. The van der Waals surface area contributed by atoms with E-state index >= 15 is 0 Å². The molecule has 1 aromatic rings. The zero-order valence-electron chi connectivity index (χ0n) is 13.4. The molecular weight excluding hydrogens is 259 g/mol. The van der Waals surface area contributed by atoms with E-state index in [4.69, 9.17) is 0 Å². The van der Waals surface area contributed by atoms with Gasteiger partial charge in [-0.3, -0.25) is 0 Å². The van der Waals surface area contributed by atoms with Crippen LogP contribution >= 0.6 is 0 Å². The first-order chi connectivity index (χ1) is 10.3. The molecule has 0 bridgehead atoms. The lowest BCUT2D eigenvalue weighted by atomic mass is 9.77. The minimum Gasteiger partial charge on any atom is -0.216 e. The third-order valence-electron chi connectivity index (χ3n) is 4.95. The number of benzene rings is 1. The molecule has 0 atom stereocenters. The fourth-order valence-corrected chi connectivity index (χ4v) is 3.52. The first-order valence-corrected chi connectivity index (χ1v) is 8.67. The maximum atomic E-state index is 12.0. The summed E-state index contributed by atoms with van der Waals surface area (Å²) in [4.78, 5) is 0. The van der Waals surface area contributed by atoms with E-state index < -0.39 is 0 Å². The van der Waals surface area contributed by atoms with Gasteiger partial charge in [0.2, 0.25) is 0 Å². The number of halogens is 1. The highest BCUT2D eigenvalue weighted by atomic mass is 19.1. The molecule has 21 heavy (non-hydrogen) atoms. The van der Waals surface area contributed by atoms with E-state index in [0.29, 0.717) is 6.33 Å². The third kappa shape index (κ3) is 5.30. The Morgan fingerprint density at radius 2 is 1.81 bits per heavy atom. The number of hydrogen-bond acceptors (Lipinski definition) is 0. The van der Waals surface area contributed by atoms with Crippen molar-refractivity contribution in [2.24, 2.45) is 5.92 Å². The van der Waals surface area contributed by atoms with Crippen LogP contribution < -0.4 is 0 Å². The number of unbranched alkanes of at least 4 members (excludes halogenated alkanes) is 1. The van der Waals surface area contributed by atoms with Crippen molar-refractivity contribution in [3.63, 3.8) is 0 Å². The van der Waals surface area contributed by atoms with Gasteiger partial charge in [0.15, 0.2) is 0 Å². The molecule has 0 radical (unpaired) electrons. The summed E-state index contributed by atoms with van der Waals surface area (Å²) in [5.74, 6) is 1.56. The van der Waals surface area contributed by atoms with Gasteiger partial charge in [0.25, 0.3) is 0 Å². The summed E-state index contributed by atoms with van der Waals surface area (Å²) in [6.07, 6.45) is 13.4. The van der Waals surface area contributed by atoms with E-state index in [-0.39, 0.29) is 0 Å². The van der Waals surface area contributed by atoms with Crippen LogP contribution in [-0.2, 0) is 6.42 Å². The smallest absolute Gasteiger partial charge is 0.0827 e. The standard InChI is InChI=1S/C20H29F/c1-2-3-6-17-8-12-19(13-9-17)20-14-10-18(11-15-20)7-4-5-16-21/h5,8-9,12-13,16,18,20H,2-4,6-7,10-11,14-15H2,1H3. The van der Waals surface area contributed by atoms with E-state index in [1.165, 1.54) is 56.1 Å². The lowest BCUT2D eigenvalue weighted by Gasteiger charge is -2.28. The van der Waals surface area contributed by atoms with Crippen LogP contribution in [0.25, 0.3) is 0 Å². The molecule has 1 fully saturated rings. The maximum Gasteiger partial charge on any atom is 0.0827 e. The van der Waals surface area contributed by atoms with Crippen LogP contribution in [0.2, 0.25) is 0 Å². The number of rotatable bonds is 7. The minimum absolute atomic E-state index is 0.686. The summed E-state index contributed by atoms with van der Waals surface area (Å²) in [6, 6.07) is 9.34. The van der Waals surface area contributed by atoms with Crippen LogP contribution in [0.3, 0.4) is 0 Å². The molecular formula is C20H29F. The van der Waals surface area contributed by atoms with Crippen molar-refractivity contribution < 1.29 is 4.39 Å². The topological polar surface area (TPSA) is 0 Å². The Balaban J connectivity index is 1.79. The molecule has 0 N–H and O–H groups in total. The lowest BCUT2D eigenvalue weighted by molar-refractivity contribution is 0.311. The molecule has 1 aliphatic rings. The van der Waals surface area contributed by atoms with Gasteiger partial charge in [-0.15, -0.1) is 0 Å². The normalized spacial score (nSPS) is 22.8. The Hall–Kier alpha value is -1.11. The fourth-order valence-electron chi connectivity index (χ4n) is 3.52. The van der Waals surface area contributed by atoms with Crippen LogP contribution in [0.4, 0.5) is 4.39 Å². The van der Waals surface area contributed by atoms with Gasteiger partial charge >= 0.3 is 0 Å².